The molecule has 0 spiro atoms. The number of hydrogen-bond acceptors (Lipinski definition) is 3. The third-order valence-corrected chi connectivity index (χ3v) is 6.10. The van der Waals surface area contributed by atoms with Crippen molar-refractivity contribution in [3.05, 3.63) is 70.8 Å². The molecule has 2 aromatic rings. The Morgan fingerprint density at radius 3 is 2.48 bits per heavy atom. The molecule has 1 saturated heterocycles. The summed E-state index contributed by atoms with van der Waals surface area (Å²) in [5.74, 6) is 0.883. The first kappa shape index (κ1) is 18.4. The van der Waals surface area contributed by atoms with Gasteiger partial charge in [-0.2, -0.15) is 0 Å². The largest absolute Gasteiger partial charge is 0.317 e. The molecule has 0 aromatic heterocycles. The maximum atomic E-state index is 12.8. The Kier molecular flexibility index (Phi) is 6.00. The second-order valence-electron chi connectivity index (χ2n) is 8.07. The van der Waals surface area contributed by atoms with E-state index in [2.05, 4.69) is 58.7 Å². The maximum absolute atomic E-state index is 12.8. The average molecular weight is 363 g/mol. The third kappa shape index (κ3) is 4.85. The van der Waals surface area contributed by atoms with Crippen LogP contribution in [0.1, 0.15) is 46.3 Å². The third-order valence-electron chi connectivity index (χ3n) is 6.10. The summed E-state index contributed by atoms with van der Waals surface area (Å²) in [4.78, 5) is 15.3. The number of nitrogens with zero attached hydrogens (tertiary/aromatic N) is 1. The number of carbonyl (C=O) groups is 1. The molecule has 142 valence electrons. The van der Waals surface area contributed by atoms with Gasteiger partial charge in [-0.25, -0.2) is 0 Å². The van der Waals surface area contributed by atoms with E-state index in [9.17, 15) is 4.79 Å². The molecular weight excluding hydrogens is 332 g/mol. The summed E-state index contributed by atoms with van der Waals surface area (Å²) in [6.07, 6.45) is 5.08. The minimum Gasteiger partial charge on any atom is -0.317 e. The normalized spacial score (nSPS) is 18.7. The quantitative estimate of drug-likeness (QED) is 0.820. The van der Waals surface area contributed by atoms with Gasteiger partial charge in [-0.05, 0) is 67.4 Å². The van der Waals surface area contributed by atoms with Crippen molar-refractivity contribution < 1.29 is 4.79 Å². The van der Waals surface area contributed by atoms with Crippen LogP contribution in [0.25, 0.3) is 0 Å². The number of hydrogen-bond donors (Lipinski definition) is 1. The number of rotatable bonds is 5. The first-order valence-electron chi connectivity index (χ1n) is 10.4. The van der Waals surface area contributed by atoms with Gasteiger partial charge in [0.2, 0.25) is 0 Å². The fourth-order valence-electron chi connectivity index (χ4n) is 4.41. The van der Waals surface area contributed by atoms with Crippen LogP contribution in [0.4, 0.5) is 0 Å². The predicted molar refractivity (Wildman–Crippen MR) is 110 cm³/mol. The average Bonchev–Trinajstić information content (AvgIpc) is 2.91. The zero-order chi connectivity index (χ0) is 18.5. The second kappa shape index (κ2) is 8.81. The van der Waals surface area contributed by atoms with Crippen molar-refractivity contribution in [2.24, 2.45) is 5.92 Å². The molecule has 0 atom stereocenters. The van der Waals surface area contributed by atoms with Crippen molar-refractivity contribution in [1.29, 1.82) is 0 Å². The number of carbonyl (C=O) groups excluding carboxylic acids is 1. The van der Waals surface area contributed by atoms with Crippen LogP contribution in [-0.4, -0.2) is 36.9 Å². The van der Waals surface area contributed by atoms with Gasteiger partial charge >= 0.3 is 0 Å². The molecule has 0 unspecified atom stereocenters. The molecule has 2 aliphatic rings. The Morgan fingerprint density at radius 1 is 0.963 bits per heavy atom. The summed E-state index contributed by atoms with van der Waals surface area (Å²) < 4.78 is 0. The van der Waals surface area contributed by atoms with Crippen molar-refractivity contribution >= 4 is 5.78 Å². The van der Waals surface area contributed by atoms with E-state index in [0.29, 0.717) is 18.1 Å². The molecule has 0 radical (unpaired) electrons. The molecule has 0 saturated carbocycles. The van der Waals surface area contributed by atoms with E-state index in [0.717, 1.165) is 64.0 Å². The van der Waals surface area contributed by atoms with Crippen LogP contribution in [0, 0.1) is 5.92 Å². The van der Waals surface area contributed by atoms with Gasteiger partial charge < -0.3 is 5.32 Å². The fourth-order valence-corrected chi connectivity index (χ4v) is 4.41. The van der Waals surface area contributed by atoms with E-state index < -0.39 is 0 Å². The van der Waals surface area contributed by atoms with Crippen LogP contribution < -0.4 is 5.32 Å². The van der Waals surface area contributed by atoms with E-state index in [1.54, 1.807) is 0 Å². The number of nitrogens with one attached hydrogen (secondary N) is 1. The van der Waals surface area contributed by atoms with E-state index in [1.807, 2.05) is 0 Å². The molecule has 0 amide bonds. The lowest BCUT2D eigenvalue weighted by Crippen LogP contribution is -2.28. The van der Waals surface area contributed by atoms with Gasteiger partial charge in [-0.15, -0.1) is 0 Å². The Hall–Kier alpha value is -1.97. The topological polar surface area (TPSA) is 32.3 Å². The van der Waals surface area contributed by atoms with Gasteiger partial charge in [0.25, 0.3) is 0 Å². The molecule has 0 bridgehead atoms. The molecular formula is C24H30N2O. The Labute approximate surface area is 162 Å². The SMILES string of the molecule is O=C(CC1CCNCC1)c1ccc2c(c1)CCN(Cc1ccccc1)CC2. The van der Waals surface area contributed by atoms with Gasteiger partial charge in [0.1, 0.15) is 0 Å². The standard InChI is InChI=1S/C24H30N2O/c27-24(16-19-8-12-25-13-9-19)23-7-6-21-10-14-26(15-11-22(21)17-23)18-20-4-2-1-3-5-20/h1-7,17,19,25H,8-16,18H2. The van der Waals surface area contributed by atoms with Crippen molar-refractivity contribution in [3.63, 3.8) is 0 Å². The van der Waals surface area contributed by atoms with E-state index in [4.69, 9.17) is 0 Å². The summed E-state index contributed by atoms with van der Waals surface area (Å²) in [7, 11) is 0. The van der Waals surface area contributed by atoms with Crippen molar-refractivity contribution in [3.8, 4) is 0 Å². The van der Waals surface area contributed by atoms with Crippen LogP contribution >= 0.6 is 0 Å². The monoisotopic (exact) mass is 362 g/mol. The molecule has 4 rings (SSSR count). The minimum atomic E-state index is 0.329. The lowest BCUT2D eigenvalue weighted by Gasteiger charge is -2.22. The molecule has 2 aliphatic heterocycles. The van der Waals surface area contributed by atoms with Crippen LogP contribution in [-0.2, 0) is 19.4 Å². The molecule has 3 heteroatoms. The number of fused-ring (bicyclic) bond motifs is 1. The van der Waals surface area contributed by atoms with Gasteiger partial charge in [0.05, 0.1) is 0 Å². The van der Waals surface area contributed by atoms with Crippen LogP contribution in [0.5, 0.6) is 0 Å². The minimum absolute atomic E-state index is 0.329. The van der Waals surface area contributed by atoms with Gasteiger partial charge in [0.15, 0.2) is 5.78 Å². The molecule has 2 heterocycles. The summed E-state index contributed by atoms with van der Waals surface area (Å²) in [5.41, 5.74) is 5.09. The first-order valence-corrected chi connectivity index (χ1v) is 10.4. The highest BCUT2D eigenvalue weighted by Crippen LogP contribution is 2.23. The summed E-state index contributed by atoms with van der Waals surface area (Å²) in [6, 6.07) is 17.2. The number of piperidine rings is 1. The van der Waals surface area contributed by atoms with Gasteiger partial charge in [-0.1, -0.05) is 42.5 Å². The Balaban J connectivity index is 1.39. The molecule has 3 nitrogen and oxygen atoms in total. The van der Waals surface area contributed by atoms with E-state index in [-0.39, 0.29) is 0 Å². The van der Waals surface area contributed by atoms with Crippen LogP contribution in [0.15, 0.2) is 48.5 Å². The smallest absolute Gasteiger partial charge is 0.163 e. The molecule has 2 aromatic carbocycles. The van der Waals surface area contributed by atoms with Crippen molar-refractivity contribution in [2.75, 3.05) is 26.2 Å². The Morgan fingerprint density at radius 2 is 1.70 bits per heavy atom. The number of Topliss-reactive ketones (excluding diaryl/α,β-unsaturated/α-hetero) is 1. The molecule has 1 N–H and O–H groups in total. The zero-order valence-electron chi connectivity index (χ0n) is 16.1. The predicted octanol–water partition coefficient (Wildman–Crippen LogP) is 3.86. The highest BCUT2D eigenvalue weighted by Gasteiger charge is 2.20. The number of benzene rings is 2. The van der Waals surface area contributed by atoms with Gasteiger partial charge in [0, 0.05) is 31.6 Å². The van der Waals surface area contributed by atoms with E-state index >= 15 is 0 Å². The maximum Gasteiger partial charge on any atom is 0.163 e. The lowest BCUT2D eigenvalue weighted by atomic mass is 9.89. The van der Waals surface area contributed by atoms with E-state index in [1.165, 1.54) is 16.7 Å². The number of ketones is 1. The first-order chi connectivity index (χ1) is 13.3. The summed E-state index contributed by atoms with van der Waals surface area (Å²) >= 11 is 0. The van der Waals surface area contributed by atoms with Gasteiger partial charge in [-0.3, -0.25) is 9.69 Å². The summed E-state index contributed by atoms with van der Waals surface area (Å²) in [5, 5.41) is 3.38. The van der Waals surface area contributed by atoms with Crippen molar-refractivity contribution in [2.45, 2.75) is 38.6 Å². The Bertz CT molecular complexity index is 765. The summed E-state index contributed by atoms with van der Waals surface area (Å²) in [6.45, 7) is 5.27. The van der Waals surface area contributed by atoms with Crippen LogP contribution in [0.3, 0.4) is 0 Å². The van der Waals surface area contributed by atoms with Crippen LogP contribution in [0.2, 0.25) is 0 Å². The fraction of sp³-hybridized carbons (Fsp3) is 0.458. The molecule has 0 aliphatic carbocycles. The zero-order valence-corrected chi connectivity index (χ0v) is 16.1. The molecule has 27 heavy (non-hydrogen) atoms. The highest BCUT2D eigenvalue weighted by molar-refractivity contribution is 5.96. The lowest BCUT2D eigenvalue weighted by molar-refractivity contribution is 0.0952. The molecule has 1 fully saturated rings. The van der Waals surface area contributed by atoms with Crippen molar-refractivity contribution in [1.82, 2.24) is 10.2 Å². The highest BCUT2D eigenvalue weighted by atomic mass is 16.1. The second-order valence-corrected chi connectivity index (χ2v) is 8.07.